The number of nitrogens with zero attached hydrogens (tertiary/aromatic N) is 2. The summed E-state index contributed by atoms with van der Waals surface area (Å²) in [6, 6.07) is 23.5. The Morgan fingerprint density at radius 3 is 2.35 bits per heavy atom. The lowest BCUT2D eigenvalue weighted by Crippen LogP contribution is -2.29. The van der Waals surface area contributed by atoms with Gasteiger partial charge in [-0.3, -0.25) is 19.5 Å². The maximum absolute atomic E-state index is 13.3. The first-order chi connectivity index (χ1) is 18.0. The van der Waals surface area contributed by atoms with Crippen molar-refractivity contribution in [2.75, 3.05) is 4.90 Å². The number of anilines is 1. The van der Waals surface area contributed by atoms with Crippen molar-refractivity contribution >= 4 is 23.1 Å². The van der Waals surface area contributed by atoms with Crippen molar-refractivity contribution in [3.8, 4) is 11.5 Å². The minimum absolute atomic E-state index is 0.0724. The summed E-state index contributed by atoms with van der Waals surface area (Å²) in [6.45, 7) is 2.23. The van der Waals surface area contributed by atoms with Gasteiger partial charge in [-0.1, -0.05) is 42.5 Å². The molecule has 0 bridgehead atoms. The lowest BCUT2D eigenvalue weighted by molar-refractivity contribution is -0.132. The number of aliphatic hydroxyl groups excluding tert-OH is 1. The largest absolute Gasteiger partial charge is 0.507 e. The lowest BCUT2D eigenvalue weighted by Gasteiger charge is -2.25. The van der Waals surface area contributed by atoms with E-state index in [0.717, 1.165) is 11.1 Å². The number of aryl methyl sites for hydroxylation is 1. The first-order valence-electron chi connectivity index (χ1n) is 11.7. The average molecular weight is 493 g/mol. The third-order valence-corrected chi connectivity index (χ3v) is 6.29. The summed E-state index contributed by atoms with van der Waals surface area (Å²) in [5.41, 5.74) is 2.83. The van der Waals surface area contributed by atoms with E-state index in [1.807, 2.05) is 37.3 Å². The van der Waals surface area contributed by atoms with Crippen LogP contribution in [0.3, 0.4) is 0 Å². The Balaban J connectivity index is 1.56. The molecular weight excluding hydrogens is 468 g/mol. The van der Waals surface area contributed by atoms with Crippen LogP contribution in [-0.2, 0) is 16.2 Å². The van der Waals surface area contributed by atoms with Crippen LogP contribution in [0.1, 0.15) is 28.3 Å². The molecule has 1 amide bonds. The fourth-order valence-electron chi connectivity index (χ4n) is 4.46. The Morgan fingerprint density at radius 2 is 1.65 bits per heavy atom. The molecule has 7 nitrogen and oxygen atoms in total. The van der Waals surface area contributed by atoms with Crippen LogP contribution in [-0.4, -0.2) is 26.9 Å². The summed E-state index contributed by atoms with van der Waals surface area (Å²) in [5.74, 6) is -1.51. The van der Waals surface area contributed by atoms with Gasteiger partial charge in [-0.05, 0) is 66.1 Å². The monoisotopic (exact) mass is 492 g/mol. The van der Waals surface area contributed by atoms with Crippen LogP contribution < -0.4 is 9.64 Å². The minimum atomic E-state index is -0.953. The van der Waals surface area contributed by atoms with E-state index in [1.54, 1.807) is 60.9 Å². The van der Waals surface area contributed by atoms with Gasteiger partial charge in [0.15, 0.2) is 0 Å². The molecule has 1 aliphatic heterocycles. The van der Waals surface area contributed by atoms with E-state index in [-0.39, 0.29) is 22.8 Å². The maximum atomic E-state index is 13.3. The molecule has 1 aliphatic rings. The van der Waals surface area contributed by atoms with Gasteiger partial charge >= 0.3 is 0 Å². The van der Waals surface area contributed by atoms with Crippen molar-refractivity contribution in [2.45, 2.75) is 19.6 Å². The van der Waals surface area contributed by atoms with Crippen molar-refractivity contribution < 1.29 is 24.5 Å². The number of ketones is 1. The van der Waals surface area contributed by atoms with E-state index < -0.39 is 17.7 Å². The standard InChI is InChI=1S/C30H24N2O5/c1-19-17-22(11-12-25(19)37-18-20-7-3-2-4-8-20)28(34)26-27(21-13-15-31-16-14-21)32(30(36)29(26)35)23-9-5-6-10-24(23)33/h2-17,27,33-34H,18H2,1H3/b28-26-. The number of para-hydroxylation sites is 2. The van der Waals surface area contributed by atoms with Gasteiger partial charge in [-0.25, -0.2) is 0 Å². The van der Waals surface area contributed by atoms with Gasteiger partial charge in [-0.15, -0.1) is 0 Å². The molecular formula is C30H24N2O5. The van der Waals surface area contributed by atoms with Crippen LogP contribution in [0.2, 0.25) is 0 Å². The first-order valence-corrected chi connectivity index (χ1v) is 11.7. The van der Waals surface area contributed by atoms with Crippen molar-refractivity contribution in [3.63, 3.8) is 0 Å². The normalized spacial score (nSPS) is 16.7. The zero-order valence-corrected chi connectivity index (χ0v) is 20.0. The SMILES string of the molecule is Cc1cc(/C(O)=C2/C(=O)C(=O)N(c3ccccc3O)C2c2ccncc2)ccc1OCc1ccccc1. The number of pyridine rings is 1. The van der Waals surface area contributed by atoms with Crippen LogP contribution in [0.4, 0.5) is 5.69 Å². The molecule has 0 spiro atoms. The zero-order valence-electron chi connectivity index (χ0n) is 20.0. The van der Waals surface area contributed by atoms with Gasteiger partial charge in [0.25, 0.3) is 11.7 Å². The summed E-state index contributed by atoms with van der Waals surface area (Å²) in [5, 5.41) is 21.8. The van der Waals surface area contributed by atoms with Gasteiger partial charge in [0, 0.05) is 18.0 Å². The van der Waals surface area contributed by atoms with Crippen molar-refractivity contribution in [2.24, 2.45) is 0 Å². The molecule has 1 aromatic heterocycles. The van der Waals surface area contributed by atoms with Crippen molar-refractivity contribution in [1.29, 1.82) is 0 Å². The molecule has 1 atom stereocenters. The number of ether oxygens (including phenoxy) is 1. The summed E-state index contributed by atoms with van der Waals surface area (Å²) in [4.78, 5) is 31.7. The number of benzene rings is 3. The van der Waals surface area contributed by atoms with Crippen LogP contribution >= 0.6 is 0 Å². The topological polar surface area (TPSA) is 100.0 Å². The van der Waals surface area contributed by atoms with Gasteiger partial charge in [0.2, 0.25) is 0 Å². The Labute approximate surface area is 213 Å². The molecule has 1 unspecified atom stereocenters. The van der Waals surface area contributed by atoms with Crippen LogP contribution in [0.15, 0.2) is 103 Å². The van der Waals surface area contributed by atoms with E-state index in [4.69, 9.17) is 4.74 Å². The quantitative estimate of drug-likeness (QED) is 0.215. The number of carbonyl (C=O) groups excluding carboxylic acids is 2. The molecule has 1 saturated heterocycles. The Morgan fingerprint density at radius 1 is 0.946 bits per heavy atom. The Hall–Kier alpha value is -4.91. The molecule has 1 fully saturated rings. The third-order valence-electron chi connectivity index (χ3n) is 6.29. The molecule has 2 heterocycles. The highest BCUT2D eigenvalue weighted by atomic mass is 16.5. The Kier molecular flexibility index (Phi) is 6.43. The average Bonchev–Trinajstić information content (AvgIpc) is 3.19. The van der Waals surface area contributed by atoms with E-state index in [2.05, 4.69) is 4.98 Å². The fraction of sp³-hybridized carbons (Fsp3) is 0.100. The number of aromatic hydroxyl groups is 1. The minimum Gasteiger partial charge on any atom is -0.507 e. The third kappa shape index (κ3) is 4.54. The number of phenolic OH excluding ortho intramolecular Hbond substituents is 1. The number of phenols is 1. The molecule has 2 N–H and O–H groups in total. The summed E-state index contributed by atoms with van der Waals surface area (Å²) < 4.78 is 5.94. The summed E-state index contributed by atoms with van der Waals surface area (Å²) >= 11 is 0. The van der Waals surface area contributed by atoms with Crippen LogP contribution in [0, 0.1) is 6.92 Å². The van der Waals surface area contributed by atoms with Gasteiger partial charge in [0.05, 0.1) is 17.3 Å². The molecule has 37 heavy (non-hydrogen) atoms. The molecule has 0 saturated carbocycles. The molecule has 0 aliphatic carbocycles. The summed E-state index contributed by atoms with van der Waals surface area (Å²) in [7, 11) is 0. The number of Topliss-reactive ketones (excluding diaryl/α,β-unsaturated/α-hetero) is 1. The predicted octanol–water partition coefficient (Wildman–Crippen LogP) is 5.30. The highest BCUT2D eigenvalue weighted by Gasteiger charge is 2.47. The van der Waals surface area contributed by atoms with Gasteiger partial charge in [-0.2, -0.15) is 0 Å². The van der Waals surface area contributed by atoms with Crippen LogP contribution in [0.25, 0.3) is 5.76 Å². The number of hydrogen-bond donors (Lipinski definition) is 2. The second kappa shape index (κ2) is 9.99. The van der Waals surface area contributed by atoms with Crippen molar-refractivity contribution in [3.05, 3.63) is 125 Å². The molecule has 3 aromatic carbocycles. The first kappa shape index (κ1) is 23.8. The van der Waals surface area contributed by atoms with E-state index in [1.165, 1.54) is 11.0 Å². The lowest BCUT2D eigenvalue weighted by atomic mass is 9.95. The second-order valence-corrected chi connectivity index (χ2v) is 8.69. The van der Waals surface area contributed by atoms with E-state index in [0.29, 0.717) is 23.5 Å². The molecule has 0 radical (unpaired) electrons. The van der Waals surface area contributed by atoms with Crippen LogP contribution in [0.5, 0.6) is 11.5 Å². The summed E-state index contributed by atoms with van der Waals surface area (Å²) in [6.07, 6.45) is 3.09. The zero-order chi connectivity index (χ0) is 25.9. The van der Waals surface area contributed by atoms with Crippen molar-refractivity contribution in [1.82, 2.24) is 4.98 Å². The highest BCUT2D eigenvalue weighted by molar-refractivity contribution is 6.51. The number of aromatic nitrogens is 1. The number of hydrogen-bond acceptors (Lipinski definition) is 6. The number of amides is 1. The number of aliphatic hydroxyl groups is 1. The van der Waals surface area contributed by atoms with E-state index in [9.17, 15) is 19.8 Å². The number of rotatable bonds is 6. The molecule has 184 valence electrons. The predicted molar refractivity (Wildman–Crippen MR) is 139 cm³/mol. The van der Waals surface area contributed by atoms with E-state index >= 15 is 0 Å². The second-order valence-electron chi connectivity index (χ2n) is 8.69. The fourth-order valence-corrected chi connectivity index (χ4v) is 4.46. The molecule has 4 aromatic rings. The van der Waals surface area contributed by atoms with Gasteiger partial charge in [0.1, 0.15) is 23.9 Å². The number of carbonyl (C=O) groups is 2. The Bertz CT molecular complexity index is 1500. The van der Waals surface area contributed by atoms with Gasteiger partial charge < -0.3 is 14.9 Å². The molecule has 7 heteroatoms. The molecule has 5 rings (SSSR count). The smallest absolute Gasteiger partial charge is 0.300 e. The maximum Gasteiger partial charge on any atom is 0.300 e. The highest BCUT2D eigenvalue weighted by Crippen LogP contribution is 2.44.